The highest BCUT2D eigenvalue weighted by atomic mass is 79.9. The molecule has 0 spiro atoms. The second-order valence-electron chi connectivity index (χ2n) is 4.44. The molecule has 0 bridgehead atoms. The molecule has 0 aromatic carbocycles. The van der Waals surface area contributed by atoms with Crippen molar-refractivity contribution in [3.05, 3.63) is 15.4 Å². The molecule has 2 rings (SSSR count). The number of thiophene rings is 1. The molecule has 3 nitrogen and oxygen atoms in total. The van der Waals surface area contributed by atoms with Crippen LogP contribution in [0, 0.1) is 6.92 Å². The zero-order valence-corrected chi connectivity index (χ0v) is 14.0. The maximum absolute atomic E-state index is 12.6. The average molecular weight is 373 g/mol. The molecule has 1 unspecified atom stereocenters. The van der Waals surface area contributed by atoms with Crippen molar-refractivity contribution in [3.63, 3.8) is 0 Å². The van der Waals surface area contributed by atoms with E-state index in [1.807, 2.05) is 6.92 Å². The molecule has 0 aliphatic carbocycles. The van der Waals surface area contributed by atoms with Gasteiger partial charge in [-0.1, -0.05) is 6.42 Å². The van der Waals surface area contributed by atoms with Crippen LogP contribution in [0.5, 0.6) is 0 Å². The van der Waals surface area contributed by atoms with Crippen molar-refractivity contribution in [2.45, 2.75) is 36.4 Å². The van der Waals surface area contributed by atoms with Crippen molar-refractivity contribution in [1.82, 2.24) is 4.31 Å². The van der Waals surface area contributed by atoms with E-state index in [0.29, 0.717) is 16.6 Å². The van der Waals surface area contributed by atoms with Gasteiger partial charge in [0.25, 0.3) is 10.0 Å². The number of hydrogen-bond donors (Lipinski definition) is 0. The van der Waals surface area contributed by atoms with Crippen LogP contribution in [0.25, 0.3) is 0 Å². The molecule has 102 valence electrons. The van der Waals surface area contributed by atoms with Crippen molar-refractivity contribution in [1.29, 1.82) is 0 Å². The summed E-state index contributed by atoms with van der Waals surface area (Å²) in [6.45, 7) is 2.48. The number of sulfonamides is 1. The maximum Gasteiger partial charge on any atom is 0.252 e. The third-order valence-electron chi connectivity index (χ3n) is 3.15. The molecule has 7 heteroatoms. The van der Waals surface area contributed by atoms with Gasteiger partial charge in [-0.3, -0.25) is 0 Å². The Morgan fingerprint density at radius 1 is 1.56 bits per heavy atom. The Morgan fingerprint density at radius 2 is 2.28 bits per heavy atom. The lowest BCUT2D eigenvalue weighted by atomic mass is 10.1. The zero-order chi connectivity index (χ0) is 13.3. The van der Waals surface area contributed by atoms with Gasteiger partial charge in [0.2, 0.25) is 0 Å². The lowest BCUT2D eigenvalue weighted by molar-refractivity contribution is 0.272. The van der Waals surface area contributed by atoms with E-state index >= 15 is 0 Å². The van der Waals surface area contributed by atoms with Crippen molar-refractivity contribution in [2.75, 3.05) is 12.4 Å². The Balaban J connectivity index is 2.35. The fourth-order valence-electron chi connectivity index (χ4n) is 2.12. The molecule has 1 aliphatic heterocycles. The predicted octanol–water partition coefficient (Wildman–Crippen LogP) is 3.60. The first-order chi connectivity index (χ1) is 8.46. The van der Waals surface area contributed by atoms with Gasteiger partial charge in [0.05, 0.1) is 3.79 Å². The molecule has 0 saturated carbocycles. The van der Waals surface area contributed by atoms with Gasteiger partial charge in [-0.15, -0.1) is 22.9 Å². The van der Waals surface area contributed by atoms with Crippen LogP contribution in [-0.4, -0.2) is 31.2 Å². The molecule has 1 aliphatic rings. The van der Waals surface area contributed by atoms with Crippen molar-refractivity contribution in [3.8, 4) is 0 Å². The second-order valence-corrected chi connectivity index (χ2v) is 9.24. The average Bonchev–Trinajstić information content (AvgIpc) is 2.70. The van der Waals surface area contributed by atoms with Crippen LogP contribution in [0.15, 0.2) is 14.1 Å². The lowest BCUT2D eigenvalue weighted by Crippen LogP contribution is -2.44. The van der Waals surface area contributed by atoms with E-state index in [1.165, 1.54) is 11.3 Å². The van der Waals surface area contributed by atoms with Gasteiger partial charge in [0.1, 0.15) is 4.21 Å². The maximum atomic E-state index is 12.6. The molecule has 18 heavy (non-hydrogen) atoms. The summed E-state index contributed by atoms with van der Waals surface area (Å²) in [5.74, 6) is 0.366. The summed E-state index contributed by atoms with van der Waals surface area (Å²) in [5.41, 5.74) is 0.956. The number of aryl methyl sites for hydroxylation is 1. The predicted molar refractivity (Wildman–Crippen MR) is 79.0 cm³/mol. The van der Waals surface area contributed by atoms with E-state index in [-0.39, 0.29) is 6.04 Å². The van der Waals surface area contributed by atoms with E-state index in [9.17, 15) is 8.42 Å². The lowest BCUT2D eigenvalue weighted by Gasteiger charge is -2.32. The molecule has 0 N–H and O–H groups in total. The molecule has 1 aromatic heterocycles. The van der Waals surface area contributed by atoms with E-state index in [4.69, 9.17) is 11.6 Å². The van der Waals surface area contributed by atoms with Crippen molar-refractivity contribution in [2.24, 2.45) is 0 Å². The summed E-state index contributed by atoms with van der Waals surface area (Å²) in [4.78, 5) is 0. The van der Waals surface area contributed by atoms with Gasteiger partial charge >= 0.3 is 0 Å². The smallest absolute Gasteiger partial charge is 0.206 e. The van der Waals surface area contributed by atoms with Crippen LogP contribution in [0.3, 0.4) is 0 Å². The Hall–Kier alpha value is 0.380. The Bertz CT molecular complexity index is 510. The van der Waals surface area contributed by atoms with E-state index in [0.717, 1.165) is 28.6 Å². The fourth-order valence-corrected chi connectivity index (χ4v) is 6.57. The third kappa shape index (κ3) is 2.77. The zero-order valence-electron chi connectivity index (χ0n) is 10.0. The molecule has 0 radical (unpaired) electrons. The van der Waals surface area contributed by atoms with Gasteiger partial charge in [0, 0.05) is 18.5 Å². The van der Waals surface area contributed by atoms with Crippen LogP contribution in [-0.2, 0) is 10.0 Å². The fraction of sp³-hybridized carbons (Fsp3) is 0.636. The molecular formula is C11H15BrClNO2S2. The number of alkyl halides is 1. The van der Waals surface area contributed by atoms with Crippen LogP contribution >= 0.6 is 38.9 Å². The van der Waals surface area contributed by atoms with E-state index in [1.54, 1.807) is 10.4 Å². The van der Waals surface area contributed by atoms with Gasteiger partial charge in [0.15, 0.2) is 0 Å². The molecule has 1 fully saturated rings. The summed E-state index contributed by atoms with van der Waals surface area (Å²) in [6.07, 6.45) is 2.82. The minimum atomic E-state index is -3.39. The number of nitrogens with zero attached hydrogens (tertiary/aromatic N) is 1. The Labute approximate surface area is 125 Å². The minimum Gasteiger partial charge on any atom is -0.206 e. The van der Waals surface area contributed by atoms with Gasteiger partial charge in [-0.05, 0) is 47.3 Å². The first kappa shape index (κ1) is 14.8. The molecule has 1 aromatic rings. The normalized spacial score (nSPS) is 22.3. The van der Waals surface area contributed by atoms with Gasteiger partial charge in [-0.25, -0.2) is 8.42 Å². The van der Waals surface area contributed by atoms with Crippen LogP contribution in [0.4, 0.5) is 0 Å². The molecule has 2 heterocycles. The van der Waals surface area contributed by atoms with Gasteiger partial charge in [-0.2, -0.15) is 4.31 Å². The summed E-state index contributed by atoms with van der Waals surface area (Å²) < 4.78 is 28.0. The summed E-state index contributed by atoms with van der Waals surface area (Å²) >= 11 is 10.5. The highest BCUT2D eigenvalue weighted by molar-refractivity contribution is 9.11. The SMILES string of the molecule is Cc1cc(S(=O)(=O)N2CCCCC2CCl)sc1Br. The van der Waals surface area contributed by atoms with E-state index < -0.39 is 10.0 Å². The highest BCUT2D eigenvalue weighted by Gasteiger charge is 2.34. The van der Waals surface area contributed by atoms with Crippen molar-refractivity contribution >= 4 is 48.9 Å². The number of piperidine rings is 1. The first-order valence-electron chi connectivity index (χ1n) is 5.80. The third-order valence-corrected chi connectivity index (χ3v) is 8.04. The van der Waals surface area contributed by atoms with E-state index in [2.05, 4.69) is 15.9 Å². The highest BCUT2D eigenvalue weighted by Crippen LogP contribution is 2.34. The number of rotatable bonds is 3. The van der Waals surface area contributed by atoms with Gasteiger partial charge < -0.3 is 0 Å². The molecule has 1 atom stereocenters. The van der Waals surface area contributed by atoms with Crippen molar-refractivity contribution < 1.29 is 8.42 Å². The summed E-state index contributed by atoms with van der Waals surface area (Å²) in [5, 5.41) is 0. The van der Waals surface area contributed by atoms with Crippen LogP contribution in [0.1, 0.15) is 24.8 Å². The van der Waals surface area contributed by atoms with Crippen LogP contribution < -0.4 is 0 Å². The standard InChI is InChI=1S/C11H15BrClNO2S2/c1-8-6-10(17-11(8)12)18(15,16)14-5-3-2-4-9(14)7-13/h6,9H,2-5,7H2,1H3. The quantitative estimate of drug-likeness (QED) is 0.760. The monoisotopic (exact) mass is 371 g/mol. The largest absolute Gasteiger partial charge is 0.252 e. The topological polar surface area (TPSA) is 37.4 Å². The number of hydrogen-bond acceptors (Lipinski definition) is 3. The summed E-state index contributed by atoms with van der Waals surface area (Å²) in [7, 11) is -3.39. The number of halogens is 2. The molecule has 1 saturated heterocycles. The second kappa shape index (κ2) is 5.79. The first-order valence-corrected chi connectivity index (χ1v) is 9.39. The summed E-state index contributed by atoms with van der Waals surface area (Å²) in [6, 6.07) is 1.66. The van der Waals surface area contributed by atoms with Crippen LogP contribution in [0.2, 0.25) is 0 Å². The Morgan fingerprint density at radius 3 is 2.83 bits per heavy atom. The molecular weight excluding hydrogens is 358 g/mol. The molecule has 0 amide bonds. The minimum absolute atomic E-state index is 0.0633. The Kier molecular flexibility index (Phi) is 4.75.